The predicted molar refractivity (Wildman–Crippen MR) is 237 cm³/mol. The Bertz CT molecular complexity index is 3310. The summed E-state index contributed by atoms with van der Waals surface area (Å²) in [5.41, 5.74) is 10.5. The van der Waals surface area contributed by atoms with Crippen LogP contribution < -0.4 is 17.6 Å². The van der Waals surface area contributed by atoms with Crippen LogP contribution in [0.1, 0.15) is 0 Å². The van der Waals surface area contributed by atoms with Crippen molar-refractivity contribution >= 4 is 74.6 Å². The van der Waals surface area contributed by atoms with Gasteiger partial charge < -0.3 is 0 Å². The summed E-state index contributed by atoms with van der Waals surface area (Å²) in [7, 11) is 0. The van der Waals surface area contributed by atoms with Gasteiger partial charge in [0.15, 0.2) is 0 Å². The van der Waals surface area contributed by atoms with Crippen molar-refractivity contribution in [1.29, 1.82) is 0 Å². The summed E-state index contributed by atoms with van der Waals surface area (Å²) >= 11 is -3.73. The first-order chi connectivity index (χ1) is 28.3. The number of aromatic nitrogens is 3. The standard InChI is InChI=1S/C52H33GeN3O/c1-4-17-34(18-5-1)52-54-50(49-51(55-52)39-25-10-13-28-42(39)53(49,36-20-6-2-7-21-36)37-22-8-3-9-23-37)35-19-16-24-38(33-35)56-43-29-14-11-26-40(43)47-44(56)31-32-46-48(47)41-27-12-15-30-45(41)57-46/h1-33H. The molecule has 8 aromatic carbocycles. The molecule has 1 aliphatic heterocycles. The Balaban J connectivity index is 1.19. The monoisotopic (exact) mass is 789 g/mol. The van der Waals surface area contributed by atoms with E-state index in [-0.39, 0.29) is 0 Å². The van der Waals surface area contributed by atoms with Gasteiger partial charge in [-0.3, -0.25) is 0 Å². The molecule has 11 aromatic rings. The van der Waals surface area contributed by atoms with Crippen molar-refractivity contribution in [1.82, 2.24) is 14.5 Å². The van der Waals surface area contributed by atoms with Crippen molar-refractivity contribution in [2.75, 3.05) is 0 Å². The number of fused-ring (bicyclic) bond motifs is 10. The Labute approximate surface area is 331 Å². The van der Waals surface area contributed by atoms with Crippen molar-refractivity contribution in [2.45, 2.75) is 0 Å². The summed E-state index contributed by atoms with van der Waals surface area (Å²) in [6.45, 7) is 0. The van der Waals surface area contributed by atoms with Crippen LogP contribution in [0.2, 0.25) is 0 Å². The molecule has 0 radical (unpaired) electrons. The topological polar surface area (TPSA) is 43.9 Å². The van der Waals surface area contributed by atoms with E-state index in [0.717, 1.165) is 67.0 Å². The normalized spacial score (nSPS) is 13.1. The van der Waals surface area contributed by atoms with E-state index in [2.05, 4.69) is 193 Å². The van der Waals surface area contributed by atoms with Gasteiger partial charge in [-0.25, -0.2) is 0 Å². The molecule has 12 rings (SSSR count). The molecular formula is C52H33GeN3O. The van der Waals surface area contributed by atoms with Crippen LogP contribution in [0.5, 0.6) is 0 Å². The molecule has 0 aliphatic carbocycles. The molecule has 0 N–H and O–H groups in total. The van der Waals surface area contributed by atoms with Crippen LogP contribution in [-0.2, 0) is 0 Å². The third kappa shape index (κ3) is 4.62. The van der Waals surface area contributed by atoms with E-state index < -0.39 is 13.3 Å². The van der Waals surface area contributed by atoms with E-state index in [9.17, 15) is 0 Å². The zero-order valence-corrected chi connectivity index (χ0v) is 32.9. The second-order valence-corrected chi connectivity index (χ2v) is 22.6. The first-order valence-corrected chi connectivity index (χ1v) is 23.6. The van der Waals surface area contributed by atoms with Crippen LogP contribution in [0.15, 0.2) is 205 Å². The van der Waals surface area contributed by atoms with Gasteiger partial charge >= 0.3 is 327 Å². The Kier molecular flexibility index (Phi) is 7.07. The third-order valence-electron chi connectivity index (χ3n) is 11.9. The van der Waals surface area contributed by atoms with Crippen LogP contribution in [0, 0.1) is 0 Å². The third-order valence-corrected chi connectivity index (χ3v) is 22.1. The Morgan fingerprint density at radius 3 is 1.86 bits per heavy atom. The Morgan fingerprint density at radius 2 is 1.07 bits per heavy atom. The summed E-state index contributed by atoms with van der Waals surface area (Å²) < 4.78 is 14.2. The average molecular weight is 788 g/mol. The van der Waals surface area contributed by atoms with E-state index in [1.807, 2.05) is 12.1 Å². The molecule has 0 spiro atoms. The summed E-state index contributed by atoms with van der Waals surface area (Å²) in [5, 5.41) is 4.67. The Hall–Kier alpha value is -7.02. The van der Waals surface area contributed by atoms with Gasteiger partial charge in [0.25, 0.3) is 0 Å². The molecule has 0 unspecified atom stereocenters. The summed E-state index contributed by atoms with van der Waals surface area (Å²) in [6, 6.07) is 72.2. The van der Waals surface area contributed by atoms with Gasteiger partial charge in [0.2, 0.25) is 0 Å². The van der Waals surface area contributed by atoms with Gasteiger partial charge in [-0.05, 0) is 0 Å². The van der Waals surface area contributed by atoms with Gasteiger partial charge in [-0.2, -0.15) is 0 Å². The molecule has 4 heterocycles. The first kappa shape index (κ1) is 32.2. The maximum absolute atomic E-state index is 6.39. The zero-order chi connectivity index (χ0) is 37.5. The van der Waals surface area contributed by atoms with Gasteiger partial charge in [-0.1, -0.05) is 6.07 Å². The van der Waals surface area contributed by atoms with Crippen molar-refractivity contribution < 1.29 is 4.42 Å². The van der Waals surface area contributed by atoms with Crippen molar-refractivity contribution in [3.63, 3.8) is 0 Å². The number of benzene rings is 8. The summed E-state index contributed by atoms with van der Waals surface area (Å²) in [6.07, 6.45) is 0. The number of rotatable bonds is 5. The van der Waals surface area contributed by atoms with E-state index in [1.165, 1.54) is 33.9 Å². The summed E-state index contributed by atoms with van der Waals surface area (Å²) in [5.74, 6) is 0.731. The Morgan fingerprint density at radius 1 is 0.439 bits per heavy atom. The molecule has 0 saturated heterocycles. The predicted octanol–water partition coefficient (Wildman–Crippen LogP) is 10.2. The number of furan rings is 1. The quantitative estimate of drug-likeness (QED) is 0.163. The van der Waals surface area contributed by atoms with Crippen LogP contribution in [-0.4, -0.2) is 27.8 Å². The van der Waals surface area contributed by atoms with Crippen LogP contribution >= 0.6 is 0 Å². The molecule has 1 aliphatic rings. The fourth-order valence-corrected chi connectivity index (χ4v) is 20.6. The second-order valence-electron chi connectivity index (χ2n) is 14.8. The fourth-order valence-electron chi connectivity index (χ4n) is 9.57. The van der Waals surface area contributed by atoms with Crippen molar-refractivity contribution in [3.8, 4) is 39.6 Å². The molecule has 266 valence electrons. The molecular weight excluding hydrogens is 755 g/mol. The van der Waals surface area contributed by atoms with Gasteiger partial charge in [0.05, 0.1) is 0 Å². The molecule has 0 fully saturated rings. The molecule has 0 atom stereocenters. The first-order valence-electron chi connectivity index (χ1n) is 19.4. The molecule has 0 amide bonds. The van der Waals surface area contributed by atoms with Crippen molar-refractivity contribution in [2.24, 2.45) is 0 Å². The minimum atomic E-state index is -3.73. The van der Waals surface area contributed by atoms with Gasteiger partial charge in [-0.15, -0.1) is 0 Å². The van der Waals surface area contributed by atoms with E-state index in [1.54, 1.807) is 0 Å². The van der Waals surface area contributed by atoms with E-state index >= 15 is 0 Å². The van der Waals surface area contributed by atoms with Crippen LogP contribution in [0.4, 0.5) is 0 Å². The van der Waals surface area contributed by atoms with Gasteiger partial charge in [0.1, 0.15) is 0 Å². The molecule has 3 aromatic heterocycles. The van der Waals surface area contributed by atoms with E-state index in [4.69, 9.17) is 14.4 Å². The average Bonchev–Trinajstić information content (AvgIpc) is 3.93. The SMILES string of the molecule is c1ccc(-c2nc(-c3cccc(-n4c5ccccc5c5c6c(ccc54)oc4ccccc46)c3)[c]3c(n2)-c2cccc[c]2[Ge]3([c]2ccccc2)[c]2ccccc2)cc1. The molecule has 0 bridgehead atoms. The maximum atomic E-state index is 6.39. The van der Waals surface area contributed by atoms with Crippen LogP contribution in [0.25, 0.3) is 83.3 Å². The number of para-hydroxylation sites is 2. The van der Waals surface area contributed by atoms with Crippen molar-refractivity contribution in [3.05, 3.63) is 200 Å². The molecule has 4 nitrogen and oxygen atoms in total. The van der Waals surface area contributed by atoms with Crippen LogP contribution in [0.3, 0.4) is 0 Å². The minimum absolute atomic E-state index is 0.731. The zero-order valence-electron chi connectivity index (χ0n) is 30.8. The second kappa shape index (κ2) is 12.5. The number of nitrogens with zero attached hydrogens (tertiary/aromatic N) is 3. The number of hydrogen-bond donors (Lipinski definition) is 0. The molecule has 5 heteroatoms. The summed E-state index contributed by atoms with van der Waals surface area (Å²) in [4.78, 5) is 11.2. The number of hydrogen-bond acceptors (Lipinski definition) is 3. The van der Waals surface area contributed by atoms with E-state index in [0.29, 0.717) is 0 Å². The van der Waals surface area contributed by atoms with Gasteiger partial charge in [0, 0.05) is 0 Å². The molecule has 0 saturated carbocycles. The fraction of sp³-hybridized carbons (Fsp3) is 0. The molecule has 57 heavy (non-hydrogen) atoms.